The number of benzene rings is 1. The standard InChI is InChI=1S/C11H16N2O4S/c1-11(2,3)17-10(14)12-8-5-4-6-9(7-8)13-18(15)16/h4-7,18H,1-3H3,(H,12,14)(H,13,15,16). The predicted octanol–water partition coefficient (Wildman–Crippen LogP) is 1.97. The number of hydrogen-bond donors (Lipinski definition) is 3. The van der Waals surface area contributed by atoms with Gasteiger partial charge in [0.1, 0.15) is 5.60 Å². The Balaban J connectivity index is 2.70. The second-order valence-electron chi connectivity index (χ2n) is 4.58. The monoisotopic (exact) mass is 272 g/mol. The number of thiol groups is 1. The molecular weight excluding hydrogens is 256 g/mol. The van der Waals surface area contributed by atoms with Gasteiger partial charge in [-0.25, -0.2) is 13.2 Å². The molecule has 0 aliphatic rings. The quantitative estimate of drug-likeness (QED) is 0.734. The molecule has 2 N–H and O–H groups in total. The zero-order valence-corrected chi connectivity index (χ0v) is 11.3. The molecule has 0 aromatic heterocycles. The second-order valence-corrected chi connectivity index (χ2v) is 5.31. The molecule has 1 aromatic carbocycles. The van der Waals surface area contributed by atoms with Crippen molar-refractivity contribution in [1.82, 2.24) is 0 Å². The zero-order valence-electron chi connectivity index (χ0n) is 10.4. The Hall–Kier alpha value is -1.76. The number of carbonyl (C=O) groups excluding carboxylic acids is 1. The average molecular weight is 272 g/mol. The molecule has 0 aliphatic heterocycles. The maximum atomic E-state index is 11.5. The first kappa shape index (κ1) is 14.3. The van der Waals surface area contributed by atoms with E-state index >= 15 is 0 Å². The lowest BCUT2D eigenvalue weighted by atomic mass is 10.2. The fourth-order valence-corrected chi connectivity index (χ4v) is 1.54. The van der Waals surface area contributed by atoms with Crippen LogP contribution in [0.15, 0.2) is 24.3 Å². The Kier molecular flexibility index (Phi) is 4.55. The summed E-state index contributed by atoms with van der Waals surface area (Å²) in [6.07, 6.45) is -0.592. The first-order valence-corrected chi connectivity index (χ1v) is 6.45. The molecule has 6 nitrogen and oxygen atoms in total. The summed E-state index contributed by atoms with van der Waals surface area (Å²) in [5, 5.41) is 2.51. The summed E-state index contributed by atoms with van der Waals surface area (Å²) in [5.41, 5.74) is 0.240. The van der Waals surface area contributed by atoms with E-state index in [0.717, 1.165) is 0 Å². The van der Waals surface area contributed by atoms with Crippen LogP contribution in [0.1, 0.15) is 20.8 Å². The van der Waals surface area contributed by atoms with Gasteiger partial charge < -0.3 is 4.74 Å². The molecule has 0 fully saturated rings. The van der Waals surface area contributed by atoms with Crippen molar-refractivity contribution in [2.75, 3.05) is 10.0 Å². The highest BCUT2D eigenvalue weighted by molar-refractivity contribution is 7.73. The molecule has 1 rings (SSSR count). The number of nitrogens with one attached hydrogen (secondary N) is 2. The van der Waals surface area contributed by atoms with Gasteiger partial charge >= 0.3 is 6.09 Å². The van der Waals surface area contributed by atoms with Gasteiger partial charge in [-0.15, -0.1) is 0 Å². The summed E-state index contributed by atoms with van der Waals surface area (Å²) in [6.45, 7) is 5.27. The van der Waals surface area contributed by atoms with Crippen LogP contribution >= 0.6 is 0 Å². The molecule has 0 aliphatic carbocycles. The smallest absolute Gasteiger partial charge is 0.412 e. The van der Waals surface area contributed by atoms with E-state index in [1.165, 1.54) is 6.07 Å². The van der Waals surface area contributed by atoms with Gasteiger partial charge in [0.15, 0.2) is 0 Å². The molecule has 1 aromatic rings. The van der Waals surface area contributed by atoms with E-state index in [-0.39, 0.29) is 0 Å². The first-order chi connectivity index (χ1) is 8.26. The number of rotatable bonds is 3. The molecule has 0 saturated carbocycles. The summed E-state index contributed by atoms with van der Waals surface area (Å²) in [6, 6.07) is 6.32. The SMILES string of the molecule is CC(C)(C)OC(=O)Nc1cccc(N[SH](=O)=O)c1. The van der Waals surface area contributed by atoms with E-state index in [0.29, 0.717) is 11.4 Å². The molecule has 0 bridgehead atoms. The molecule has 7 heteroatoms. The number of hydrogen-bond acceptors (Lipinski definition) is 4. The van der Waals surface area contributed by atoms with Crippen LogP contribution in [-0.4, -0.2) is 20.1 Å². The third-order valence-electron chi connectivity index (χ3n) is 1.73. The van der Waals surface area contributed by atoms with Crippen molar-refractivity contribution in [3.05, 3.63) is 24.3 Å². The molecular formula is C11H16N2O4S. The minimum absolute atomic E-state index is 0.375. The van der Waals surface area contributed by atoms with Crippen LogP contribution in [0.5, 0.6) is 0 Å². The summed E-state index contributed by atoms with van der Waals surface area (Å²) in [5.74, 6) is 0. The Morgan fingerprint density at radius 3 is 2.39 bits per heavy atom. The maximum Gasteiger partial charge on any atom is 0.412 e. The lowest BCUT2D eigenvalue weighted by Crippen LogP contribution is -2.27. The fraction of sp³-hybridized carbons (Fsp3) is 0.364. The third-order valence-corrected chi connectivity index (χ3v) is 2.17. The molecule has 18 heavy (non-hydrogen) atoms. The van der Waals surface area contributed by atoms with Crippen molar-refractivity contribution in [2.45, 2.75) is 26.4 Å². The molecule has 0 radical (unpaired) electrons. The van der Waals surface area contributed by atoms with Crippen LogP contribution in [0.2, 0.25) is 0 Å². The zero-order chi connectivity index (χ0) is 13.8. The van der Waals surface area contributed by atoms with Crippen molar-refractivity contribution < 1.29 is 17.9 Å². The van der Waals surface area contributed by atoms with Crippen molar-refractivity contribution >= 4 is 28.4 Å². The van der Waals surface area contributed by atoms with Crippen LogP contribution in [0.25, 0.3) is 0 Å². The van der Waals surface area contributed by atoms with E-state index in [9.17, 15) is 13.2 Å². The lowest BCUT2D eigenvalue weighted by Gasteiger charge is -2.19. The largest absolute Gasteiger partial charge is 0.444 e. The molecule has 0 saturated heterocycles. The lowest BCUT2D eigenvalue weighted by molar-refractivity contribution is 0.0636. The maximum absolute atomic E-state index is 11.5. The van der Waals surface area contributed by atoms with E-state index in [1.807, 2.05) is 0 Å². The topological polar surface area (TPSA) is 84.5 Å². The molecule has 0 atom stereocenters. The molecule has 1 amide bonds. The average Bonchev–Trinajstić information content (AvgIpc) is 2.13. The van der Waals surface area contributed by atoms with Crippen LogP contribution in [0.3, 0.4) is 0 Å². The summed E-state index contributed by atoms with van der Waals surface area (Å²) >= 11 is 0. The molecule has 100 valence electrons. The van der Waals surface area contributed by atoms with Gasteiger partial charge in [-0.3, -0.25) is 10.0 Å². The highest BCUT2D eigenvalue weighted by Gasteiger charge is 2.16. The normalized spacial score (nSPS) is 11.1. The minimum Gasteiger partial charge on any atom is -0.444 e. The summed E-state index contributed by atoms with van der Waals surface area (Å²) in [4.78, 5) is 11.5. The van der Waals surface area contributed by atoms with E-state index in [4.69, 9.17) is 4.74 Å². The van der Waals surface area contributed by atoms with E-state index in [1.54, 1.807) is 39.0 Å². The summed E-state index contributed by atoms with van der Waals surface area (Å²) < 4.78 is 28.3. The van der Waals surface area contributed by atoms with Crippen LogP contribution in [-0.2, 0) is 15.6 Å². The Morgan fingerprint density at radius 2 is 1.83 bits per heavy atom. The first-order valence-electron chi connectivity index (χ1n) is 5.27. The van der Waals surface area contributed by atoms with Crippen LogP contribution in [0, 0.1) is 0 Å². The Morgan fingerprint density at radius 1 is 1.22 bits per heavy atom. The summed E-state index contributed by atoms with van der Waals surface area (Å²) in [7, 11) is -2.73. The van der Waals surface area contributed by atoms with Gasteiger partial charge in [0.05, 0.1) is 5.69 Å². The van der Waals surface area contributed by atoms with Crippen molar-refractivity contribution in [3.63, 3.8) is 0 Å². The Labute approximate surface area is 107 Å². The molecule has 0 unspecified atom stereocenters. The second kappa shape index (κ2) is 5.72. The van der Waals surface area contributed by atoms with Gasteiger partial charge in [0.25, 0.3) is 0 Å². The third kappa shape index (κ3) is 5.53. The number of carbonyl (C=O) groups is 1. The van der Waals surface area contributed by atoms with Crippen molar-refractivity contribution in [1.29, 1.82) is 0 Å². The van der Waals surface area contributed by atoms with Gasteiger partial charge in [-0.05, 0) is 39.0 Å². The number of amides is 1. The van der Waals surface area contributed by atoms with Gasteiger partial charge in [0, 0.05) is 5.69 Å². The van der Waals surface area contributed by atoms with Gasteiger partial charge in [-0.2, -0.15) is 0 Å². The van der Waals surface area contributed by atoms with Crippen LogP contribution < -0.4 is 10.0 Å². The molecule has 0 spiro atoms. The fourth-order valence-electron chi connectivity index (χ4n) is 1.19. The highest BCUT2D eigenvalue weighted by Crippen LogP contribution is 2.16. The molecule has 0 heterocycles. The number of anilines is 2. The Bertz CT molecular complexity index is 498. The van der Waals surface area contributed by atoms with Gasteiger partial charge in [0.2, 0.25) is 10.9 Å². The van der Waals surface area contributed by atoms with Crippen LogP contribution in [0.4, 0.5) is 16.2 Å². The van der Waals surface area contributed by atoms with Crippen molar-refractivity contribution in [2.24, 2.45) is 0 Å². The predicted molar refractivity (Wildman–Crippen MR) is 70.2 cm³/mol. The van der Waals surface area contributed by atoms with E-state index < -0.39 is 22.6 Å². The highest BCUT2D eigenvalue weighted by atomic mass is 32.2. The van der Waals surface area contributed by atoms with Crippen molar-refractivity contribution in [3.8, 4) is 0 Å². The van der Waals surface area contributed by atoms with E-state index in [2.05, 4.69) is 10.0 Å². The minimum atomic E-state index is -2.73. The number of ether oxygens (including phenoxy) is 1. The van der Waals surface area contributed by atoms with Gasteiger partial charge in [-0.1, -0.05) is 6.07 Å².